The number of carbonyl (C=O) groups excluding carboxylic acids is 1. The van der Waals surface area contributed by atoms with Gasteiger partial charge in [-0.05, 0) is 29.2 Å². The Bertz CT molecular complexity index is 821. The monoisotopic (exact) mass is 369 g/mol. The first-order chi connectivity index (χ1) is 12.7. The van der Waals surface area contributed by atoms with Gasteiger partial charge in [0, 0.05) is 5.02 Å². The maximum absolute atomic E-state index is 12.7. The van der Waals surface area contributed by atoms with Crippen molar-refractivity contribution in [3.05, 3.63) is 76.8 Å². The van der Waals surface area contributed by atoms with Crippen molar-refractivity contribution >= 4 is 23.3 Å². The average Bonchev–Trinajstić information content (AvgIpc) is 2.66. The lowest BCUT2D eigenvalue weighted by atomic mass is 9.90. The molecule has 0 aromatic heterocycles. The number of amides is 1. The van der Waals surface area contributed by atoms with E-state index in [9.17, 15) is 4.79 Å². The summed E-state index contributed by atoms with van der Waals surface area (Å²) in [6.45, 7) is 1.27. The second-order valence-corrected chi connectivity index (χ2v) is 6.99. The quantitative estimate of drug-likeness (QED) is 0.797. The second kappa shape index (κ2) is 7.52. The molecule has 2 heterocycles. The van der Waals surface area contributed by atoms with Gasteiger partial charge in [0.2, 0.25) is 0 Å². The lowest BCUT2D eigenvalue weighted by Crippen LogP contribution is -2.56. The van der Waals surface area contributed by atoms with E-state index in [0.717, 1.165) is 16.1 Å². The molecule has 0 N–H and O–H groups in total. The normalized spacial score (nSPS) is 21.9. The minimum Gasteiger partial charge on any atom is -0.445 e. The number of ether oxygens (including phenoxy) is 2. The van der Waals surface area contributed by atoms with Gasteiger partial charge in [-0.2, -0.15) is 0 Å². The summed E-state index contributed by atoms with van der Waals surface area (Å²) in [6, 6.07) is 17.4. The molecular formula is C21H20ClNO3. The summed E-state index contributed by atoms with van der Waals surface area (Å²) < 4.78 is 11.2. The molecule has 0 radical (unpaired) electrons. The van der Waals surface area contributed by atoms with E-state index in [2.05, 4.69) is 6.08 Å². The molecule has 2 aliphatic rings. The summed E-state index contributed by atoms with van der Waals surface area (Å²) in [6.07, 6.45) is 2.50. The van der Waals surface area contributed by atoms with Crippen LogP contribution >= 0.6 is 11.6 Å². The van der Waals surface area contributed by atoms with Gasteiger partial charge >= 0.3 is 6.09 Å². The third kappa shape index (κ3) is 3.48. The first-order valence-electron chi connectivity index (χ1n) is 8.75. The number of rotatable bonds is 3. The van der Waals surface area contributed by atoms with Crippen LogP contribution in [0.5, 0.6) is 0 Å². The summed E-state index contributed by atoms with van der Waals surface area (Å²) >= 11 is 6.35. The van der Waals surface area contributed by atoms with E-state index in [1.54, 1.807) is 0 Å². The predicted molar refractivity (Wildman–Crippen MR) is 101 cm³/mol. The second-order valence-electron chi connectivity index (χ2n) is 6.58. The molecule has 1 saturated heterocycles. The van der Waals surface area contributed by atoms with E-state index in [1.165, 1.54) is 5.57 Å². The number of benzene rings is 2. The topological polar surface area (TPSA) is 38.8 Å². The van der Waals surface area contributed by atoms with Gasteiger partial charge in [-0.3, -0.25) is 4.90 Å². The highest BCUT2D eigenvalue weighted by Crippen LogP contribution is 2.35. The van der Waals surface area contributed by atoms with E-state index in [-0.39, 0.29) is 24.8 Å². The van der Waals surface area contributed by atoms with Gasteiger partial charge in [0.25, 0.3) is 0 Å². The number of fused-ring (bicyclic) bond motifs is 2. The summed E-state index contributed by atoms with van der Waals surface area (Å²) in [5.74, 6) is 0. The van der Waals surface area contributed by atoms with Crippen molar-refractivity contribution in [3.8, 4) is 0 Å². The molecule has 2 atom stereocenters. The molecule has 2 bridgehead atoms. The number of carbonyl (C=O) groups is 1. The minimum atomic E-state index is -0.290. The number of hydrogen-bond donors (Lipinski definition) is 0. The Kier molecular flexibility index (Phi) is 4.96. The lowest BCUT2D eigenvalue weighted by Gasteiger charge is -2.43. The van der Waals surface area contributed by atoms with Crippen LogP contribution in [-0.2, 0) is 16.1 Å². The number of hydrogen-bond acceptors (Lipinski definition) is 3. The maximum Gasteiger partial charge on any atom is 0.411 e. The Labute approximate surface area is 158 Å². The number of nitrogens with zero attached hydrogens (tertiary/aromatic N) is 1. The first kappa shape index (κ1) is 17.1. The van der Waals surface area contributed by atoms with Crippen LogP contribution in [0.2, 0.25) is 5.02 Å². The molecule has 0 spiro atoms. The summed E-state index contributed by atoms with van der Waals surface area (Å²) in [5.41, 5.74) is 3.18. The number of halogens is 1. The summed E-state index contributed by atoms with van der Waals surface area (Å²) in [5, 5.41) is 0.734. The Morgan fingerprint density at radius 2 is 1.88 bits per heavy atom. The van der Waals surface area contributed by atoms with Gasteiger partial charge in [0.1, 0.15) is 6.61 Å². The smallest absolute Gasteiger partial charge is 0.411 e. The number of morpholine rings is 1. The van der Waals surface area contributed by atoms with Crippen molar-refractivity contribution in [2.45, 2.75) is 25.1 Å². The molecule has 1 amide bonds. The van der Waals surface area contributed by atoms with Crippen molar-refractivity contribution in [1.29, 1.82) is 0 Å². The van der Waals surface area contributed by atoms with Crippen molar-refractivity contribution in [1.82, 2.24) is 4.90 Å². The lowest BCUT2D eigenvalue weighted by molar-refractivity contribution is -0.0342. The minimum absolute atomic E-state index is 0.0340. The van der Waals surface area contributed by atoms with Gasteiger partial charge in [-0.15, -0.1) is 0 Å². The van der Waals surface area contributed by atoms with Gasteiger partial charge in [-0.25, -0.2) is 4.79 Å². The van der Waals surface area contributed by atoms with E-state index in [1.807, 2.05) is 59.5 Å². The van der Waals surface area contributed by atoms with Crippen LogP contribution in [0.25, 0.3) is 5.57 Å². The van der Waals surface area contributed by atoms with Crippen LogP contribution in [0.3, 0.4) is 0 Å². The maximum atomic E-state index is 12.7. The van der Waals surface area contributed by atoms with E-state index >= 15 is 0 Å². The van der Waals surface area contributed by atoms with Gasteiger partial charge in [0.05, 0.1) is 25.3 Å². The summed E-state index contributed by atoms with van der Waals surface area (Å²) in [7, 11) is 0. The van der Waals surface area contributed by atoms with Gasteiger partial charge in [0.15, 0.2) is 0 Å². The molecule has 4 nitrogen and oxygen atoms in total. The van der Waals surface area contributed by atoms with Gasteiger partial charge in [-0.1, -0.05) is 66.2 Å². The predicted octanol–water partition coefficient (Wildman–Crippen LogP) is 4.53. The van der Waals surface area contributed by atoms with E-state index in [0.29, 0.717) is 19.6 Å². The molecule has 4 rings (SSSR count). The van der Waals surface area contributed by atoms with Gasteiger partial charge < -0.3 is 9.47 Å². The van der Waals surface area contributed by atoms with Crippen molar-refractivity contribution < 1.29 is 14.3 Å². The van der Waals surface area contributed by atoms with Crippen LogP contribution in [0.1, 0.15) is 17.5 Å². The Morgan fingerprint density at radius 3 is 2.65 bits per heavy atom. The zero-order chi connectivity index (χ0) is 17.9. The zero-order valence-corrected chi connectivity index (χ0v) is 15.1. The average molecular weight is 370 g/mol. The molecule has 26 heavy (non-hydrogen) atoms. The Morgan fingerprint density at radius 1 is 1.12 bits per heavy atom. The van der Waals surface area contributed by atoms with Crippen LogP contribution in [0, 0.1) is 0 Å². The van der Waals surface area contributed by atoms with Crippen molar-refractivity contribution in [2.24, 2.45) is 0 Å². The molecular weight excluding hydrogens is 350 g/mol. The first-order valence-corrected chi connectivity index (χ1v) is 9.12. The van der Waals surface area contributed by atoms with E-state index < -0.39 is 0 Å². The Balaban J connectivity index is 1.51. The molecule has 1 fully saturated rings. The fraction of sp³-hybridized carbons (Fsp3) is 0.286. The molecule has 2 aromatic carbocycles. The molecule has 2 aliphatic heterocycles. The van der Waals surface area contributed by atoms with Crippen LogP contribution in [0.4, 0.5) is 4.79 Å². The highest BCUT2D eigenvalue weighted by molar-refractivity contribution is 6.32. The SMILES string of the molecule is O=C(OCc1ccccc1)N1C2C=C(c3ccccc3Cl)CC1COC2. The largest absolute Gasteiger partial charge is 0.445 e. The highest BCUT2D eigenvalue weighted by Gasteiger charge is 2.39. The molecule has 2 unspecified atom stereocenters. The van der Waals surface area contributed by atoms with Crippen molar-refractivity contribution in [2.75, 3.05) is 13.2 Å². The molecule has 134 valence electrons. The molecule has 2 aromatic rings. The van der Waals surface area contributed by atoms with E-state index in [4.69, 9.17) is 21.1 Å². The fourth-order valence-electron chi connectivity index (χ4n) is 3.60. The van der Waals surface area contributed by atoms with Crippen molar-refractivity contribution in [3.63, 3.8) is 0 Å². The zero-order valence-electron chi connectivity index (χ0n) is 14.3. The van der Waals surface area contributed by atoms with Crippen LogP contribution in [-0.4, -0.2) is 36.3 Å². The standard InChI is InChI=1S/C21H20ClNO3/c22-20-9-5-4-8-19(20)16-10-17-13-25-14-18(11-16)23(17)21(24)26-12-15-6-2-1-3-7-15/h1-10,17-18H,11-14H2. The molecule has 5 heteroatoms. The Hall–Kier alpha value is -2.30. The molecule has 0 aliphatic carbocycles. The summed E-state index contributed by atoms with van der Waals surface area (Å²) in [4.78, 5) is 14.5. The highest BCUT2D eigenvalue weighted by atomic mass is 35.5. The molecule has 0 saturated carbocycles. The van der Waals surface area contributed by atoms with Crippen LogP contribution < -0.4 is 0 Å². The third-order valence-corrected chi connectivity index (χ3v) is 5.16. The fourth-order valence-corrected chi connectivity index (χ4v) is 3.85. The third-order valence-electron chi connectivity index (χ3n) is 4.83. The van der Waals surface area contributed by atoms with Crippen LogP contribution in [0.15, 0.2) is 60.7 Å².